The number of Topliss-reactive ketones (excluding diaryl/α,β-unsaturated/α-hetero) is 1. The molecule has 3 heterocycles. The molecule has 33 heavy (non-hydrogen) atoms. The summed E-state index contributed by atoms with van der Waals surface area (Å²) in [4.78, 5) is 12.6. The van der Waals surface area contributed by atoms with Crippen LogP contribution >= 0.6 is 0 Å². The maximum Gasteiger partial charge on any atom is 0.231 e. The van der Waals surface area contributed by atoms with Gasteiger partial charge in [0.25, 0.3) is 0 Å². The molecular weight excluding hydrogens is 418 g/mol. The SMILES string of the molecule is COc1ccc2c(c[n+]3c4c2ccc2c5c(cc(c24)CC3)OCO5)c1OCC(=O)C(C)(C)C. The molecule has 6 rings (SSSR count). The number of ether oxygens (including phenoxy) is 4. The second kappa shape index (κ2) is 6.98. The Morgan fingerprint density at radius 1 is 1.06 bits per heavy atom. The maximum atomic E-state index is 12.6. The third-order valence-corrected chi connectivity index (χ3v) is 6.74. The second-order valence-electron chi connectivity index (χ2n) is 9.75. The van der Waals surface area contributed by atoms with E-state index in [2.05, 4.69) is 35.0 Å². The number of ketones is 1. The van der Waals surface area contributed by atoms with Crippen molar-refractivity contribution in [2.45, 2.75) is 33.7 Å². The van der Waals surface area contributed by atoms with Gasteiger partial charge in [-0.3, -0.25) is 4.79 Å². The monoisotopic (exact) mass is 444 g/mol. The lowest BCUT2D eigenvalue weighted by Crippen LogP contribution is -2.38. The van der Waals surface area contributed by atoms with Gasteiger partial charge in [-0.1, -0.05) is 20.8 Å². The van der Waals surface area contributed by atoms with Gasteiger partial charge in [0.2, 0.25) is 12.3 Å². The zero-order valence-electron chi connectivity index (χ0n) is 19.3. The van der Waals surface area contributed by atoms with E-state index in [4.69, 9.17) is 18.9 Å². The van der Waals surface area contributed by atoms with E-state index in [0.717, 1.165) is 46.0 Å². The zero-order chi connectivity index (χ0) is 22.9. The molecule has 0 spiro atoms. The average Bonchev–Trinajstić information content (AvgIpc) is 3.28. The highest BCUT2D eigenvalue weighted by molar-refractivity contribution is 6.17. The summed E-state index contributed by atoms with van der Waals surface area (Å²) < 4.78 is 25.5. The van der Waals surface area contributed by atoms with Gasteiger partial charge in [-0.25, -0.2) is 0 Å². The lowest BCUT2D eigenvalue weighted by Gasteiger charge is -2.20. The number of pyridine rings is 1. The van der Waals surface area contributed by atoms with Crippen molar-refractivity contribution in [2.24, 2.45) is 5.41 Å². The van der Waals surface area contributed by atoms with Crippen LogP contribution in [0, 0.1) is 5.41 Å². The van der Waals surface area contributed by atoms with Gasteiger partial charge in [-0.2, -0.15) is 4.57 Å². The number of nitrogens with zero attached hydrogens (tertiary/aromatic N) is 1. The predicted molar refractivity (Wildman–Crippen MR) is 125 cm³/mol. The largest absolute Gasteiger partial charge is 0.493 e. The van der Waals surface area contributed by atoms with Gasteiger partial charge in [0, 0.05) is 22.6 Å². The molecule has 0 fully saturated rings. The molecule has 4 aromatic rings. The van der Waals surface area contributed by atoms with Crippen LogP contribution in [0.3, 0.4) is 0 Å². The fourth-order valence-corrected chi connectivity index (χ4v) is 4.90. The maximum absolute atomic E-state index is 12.6. The number of hydrogen-bond donors (Lipinski definition) is 0. The summed E-state index contributed by atoms with van der Waals surface area (Å²) >= 11 is 0. The molecule has 0 unspecified atom stereocenters. The Kier molecular flexibility index (Phi) is 4.25. The molecule has 0 atom stereocenters. The molecular formula is C27H26NO5+. The van der Waals surface area contributed by atoms with E-state index >= 15 is 0 Å². The summed E-state index contributed by atoms with van der Waals surface area (Å²) in [5, 5.41) is 5.43. The van der Waals surface area contributed by atoms with Crippen LogP contribution in [0.5, 0.6) is 23.0 Å². The number of benzene rings is 3. The molecule has 0 saturated carbocycles. The van der Waals surface area contributed by atoms with Crippen LogP contribution < -0.4 is 23.5 Å². The summed E-state index contributed by atoms with van der Waals surface area (Å²) in [6.07, 6.45) is 3.03. The predicted octanol–water partition coefficient (Wildman–Crippen LogP) is 4.72. The highest BCUT2D eigenvalue weighted by atomic mass is 16.7. The molecule has 0 aliphatic carbocycles. The molecule has 1 aromatic heterocycles. The van der Waals surface area contributed by atoms with Crippen LogP contribution in [0.25, 0.3) is 32.4 Å². The number of fused-ring (bicyclic) bond motifs is 4. The summed E-state index contributed by atoms with van der Waals surface area (Å²) in [5.74, 6) is 2.92. The Bertz CT molecular complexity index is 1480. The van der Waals surface area contributed by atoms with Crippen molar-refractivity contribution in [3.8, 4) is 23.0 Å². The Morgan fingerprint density at radius 3 is 2.64 bits per heavy atom. The highest BCUT2D eigenvalue weighted by Crippen LogP contribution is 2.46. The van der Waals surface area contributed by atoms with Crippen molar-refractivity contribution in [3.05, 3.63) is 42.1 Å². The molecule has 0 saturated heterocycles. The fourth-order valence-electron chi connectivity index (χ4n) is 4.90. The topological polar surface area (TPSA) is 57.9 Å². The van der Waals surface area contributed by atoms with Crippen LogP contribution in [0.1, 0.15) is 26.3 Å². The van der Waals surface area contributed by atoms with Crippen molar-refractivity contribution in [3.63, 3.8) is 0 Å². The quantitative estimate of drug-likeness (QED) is 0.337. The van der Waals surface area contributed by atoms with E-state index in [1.807, 2.05) is 26.8 Å². The lowest BCUT2D eigenvalue weighted by atomic mass is 9.91. The van der Waals surface area contributed by atoms with Gasteiger partial charge in [-0.05, 0) is 35.9 Å². The molecule has 0 bridgehead atoms. The average molecular weight is 445 g/mol. The minimum Gasteiger partial charge on any atom is -0.493 e. The third-order valence-electron chi connectivity index (χ3n) is 6.74. The van der Waals surface area contributed by atoms with E-state index in [1.165, 1.54) is 16.5 Å². The minimum atomic E-state index is -0.466. The first-order valence-electron chi connectivity index (χ1n) is 11.2. The number of carbonyl (C=O) groups is 1. The van der Waals surface area contributed by atoms with Crippen LogP contribution in [-0.2, 0) is 17.8 Å². The molecule has 6 heteroatoms. The Labute approximate surface area is 191 Å². The van der Waals surface area contributed by atoms with Gasteiger partial charge in [0.1, 0.15) is 6.61 Å². The smallest absolute Gasteiger partial charge is 0.231 e. The second-order valence-corrected chi connectivity index (χ2v) is 9.75. The molecule has 3 aromatic carbocycles. The Morgan fingerprint density at radius 2 is 1.85 bits per heavy atom. The number of rotatable bonds is 4. The van der Waals surface area contributed by atoms with Gasteiger partial charge < -0.3 is 18.9 Å². The molecule has 0 radical (unpaired) electrons. The van der Waals surface area contributed by atoms with Gasteiger partial charge >= 0.3 is 0 Å². The van der Waals surface area contributed by atoms with Crippen molar-refractivity contribution in [2.75, 3.05) is 20.5 Å². The normalized spacial score (nSPS) is 14.4. The van der Waals surface area contributed by atoms with Gasteiger partial charge in [0.05, 0.1) is 23.3 Å². The summed E-state index contributed by atoms with van der Waals surface area (Å²) in [7, 11) is 1.63. The van der Waals surface area contributed by atoms with Crippen molar-refractivity contribution in [1.82, 2.24) is 0 Å². The number of methoxy groups -OCH3 is 1. The standard InChI is InChI=1S/C27H26NO5/c1-27(2,3)22(29)13-31-26-19-12-28-10-9-15-11-21-25(33-14-32-21)18-6-5-17(24(28)23(15)18)16(19)7-8-20(26)30-4/h5-8,11-12H,9-10,13-14H2,1-4H3/q+1. The fraction of sp³-hybridized carbons (Fsp3) is 0.333. The van der Waals surface area contributed by atoms with Gasteiger partial charge in [0.15, 0.2) is 41.5 Å². The highest BCUT2D eigenvalue weighted by Gasteiger charge is 2.30. The number of hydrogen-bond acceptors (Lipinski definition) is 5. The number of aryl methyl sites for hydroxylation is 2. The van der Waals surface area contributed by atoms with Crippen LogP contribution in [0.4, 0.5) is 0 Å². The zero-order valence-corrected chi connectivity index (χ0v) is 19.3. The van der Waals surface area contributed by atoms with Gasteiger partial charge in [-0.15, -0.1) is 0 Å². The van der Waals surface area contributed by atoms with Crippen molar-refractivity contribution >= 4 is 38.2 Å². The van der Waals surface area contributed by atoms with Crippen molar-refractivity contribution < 1.29 is 28.3 Å². The first-order chi connectivity index (χ1) is 15.9. The molecule has 0 amide bonds. The van der Waals surface area contributed by atoms with Crippen LogP contribution in [0.15, 0.2) is 36.5 Å². The van der Waals surface area contributed by atoms with E-state index < -0.39 is 5.41 Å². The summed E-state index contributed by atoms with van der Waals surface area (Å²) in [5.41, 5.74) is 1.99. The van der Waals surface area contributed by atoms with Crippen molar-refractivity contribution in [1.29, 1.82) is 0 Å². The summed E-state index contributed by atoms with van der Waals surface area (Å²) in [6.45, 7) is 6.82. The van der Waals surface area contributed by atoms with Crippen LogP contribution in [0.2, 0.25) is 0 Å². The van der Waals surface area contributed by atoms with E-state index in [-0.39, 0.29) is 19.2 Å². The van der Waals surface area contributed by atoms with E-state index in [9.17, 15) is 4.79 Å². The Hall–Kier alpha value is -3.54. The summed E-state index contributed by atoms with van der Waals surface area (Å²) in [6, 6.07) is 10.4. The first-order valence-corrected chi connectivity index (χ1v) is 11.2. The Balaban J connectivity index is 1.61. The minimum absolute atomic E-state index is 0.00234. The van der Waals surface area contributed by atoms with E-state index in [1.54, 1.807) is 7.11 Å². The lowest BCUT2D eigenvalue weighted by molar-refractivity contribution is -0.670. The molecule has 6 nitrogen and oxygen atoms in total. The van der Waals surface area contributed by atoms with E-state index in [0.29, 0.717) is 11.5 Å². The van der Waals surface area contributed by atoms with Crippen LogP contribution in [-0.4, -0.2) is 26.3 Å². The molecule has 2 aliphatic rings. The third kappa shape index (κ3) is 2.93. The first kappa shape index (κ1) is 20.1. The molecule has 0 N–H and O–H groups in total. The molecule has 168 valence electrons. The number of aromatic nitrogens is 1. The molecule has 2 aliphatic heterocycles. The number of carbonyl (C=O) groups excluding carboxylic acids is 1.